The average molecular weight is 426 g/mol. The number of aromatic amines is 1. The lowest BCUT2D eigenvalue weighted by atomic mass is 9.98. The number of H-pyrrole nitrogens is 1. The number of aromatic nitrogens is 2. The van der Waals surface area contributed by atoms with E-state index in [9.17, 15) is 13.2 Å². The first-order valence-electron chi connectivity index (χ1n) is 9.74. The van der Waals surface area contributed by atoms with Crippen molar-refractivity contribution in [3.05, 3.63) is 66.2 Å². The predicted molar refractivity (Wildman–Crippen MR) is 114 cm³/mol. The normalized spacial score (nSPS) is 16.2. The van der Waals surface area contributed by atoms with Gasteiger partial charge < -0.3 is 10.1 Å². The Morgan fingerprint density at radius 3 is 2.43 bits per heavy atom. The summed E-state index contributed by atoms with van der Waals surface area (Å²) in [5.74, 6) is -0.301. The summed E-state index contributed by atoms with van der Waals surface area (Å²) in [7, 11) is -3.93. The van der Waals surface area contributed by atoms with Gasteiger partial charge in [0.05, 0.1) is 10.6 Å². The van der Waals surface area contributed by atoms with Crippen molar-refractivity contribution < 1.29 is 17.9 Å². The number of carbonyl (C=O) groups excluding carboxylic acids is 1. The van der Waals surface area contributed by atoms with Gasteiger partial charge in [0.25, 0.3) is 0 Å². The van der Waals surface area contributed by atoms with E-state index in [1.54, 1.807) is 24.3 Å². The molecule has 0 unspecified atom stereocenters. The minimum Gasteiger partial charge on any atom is -0.381 e. The predicted octanol–water partition coefficient (Wildman–Crippen LogP) is 3.35. The number of nitrogens with zero attached hydrogens (tertiary/aromatic N) is 1. The third kappa shape index (κ3) is 3.53. The molecule has 2 heterocycles. The summed E-state index contributed by atoms with van der Waals surface area (Å²) in [5.41, 5.74) is 2.77. The van der Waals surface area contributed by atoms with Crippen LogP contribution in [0.3, 0.4) is 0 Å². The summed E-state index contributed by atoms with van der Waals surface area (Å²) in [4.78, 5) is 13.5. The maximum Gasteiger partial charge on any atom is 0.247 e. The third-order valence-electron chi connectivity index (χ3n) is 5.54. The topological polar surface area (TPSA) is 101 Å². The van der Waals surface area contributed by atoms with Gasteiger partial charge in [-0.15, -0.1) is 0 Å². The number of sulfone groups is 1. The van der Waals surface area contributed by atoms with E-state index in [2.05, 4.69) is 15.5 Å². The fourth-order valence-corrected chi connectivity index (χ4v) is 5.74. The smallest absolute Gasteiger partial charge is 0.247 e. The zero-order valence-corrected chi connectivity index (χ0v) is 17.4. The first kappa shape index (κ1) is 20.3. The Morgan fingerprint density at radius 2 is 1.73 bits per heavy atom. The Balaban J connectivity index is 1.65. The minimum absolute atomic E-state index is 0.0884. The van der Waals surface area contributed by atoms with Crippen LogP contribution in [0.25, 0.3) is 11.3 Å². The number of amides is 1. The zero-order valence-electron chi connectivity index (χ0n) is 16.6. The van der Waals surface area contributed by atoms with Crippen molar-refractivity contribution in [1.82, 2.24) is 10.2 Å². The summed E-state index contributed by atoms with van der Waals surface area (Å²) in [6.07, 6.45) is 0.177. The Kier molecular flexibility index (Phi) is 5.44. The molecule has 0 atom stereocenters. The first-order valence-corrected chi connectivity index (χ1v) is 11.2. The van der Waals surface area contributed by atoms with Crippen LogP contribution in [0.2, 0.25) is 0 Å². The van der Waals surface area contributed by atoms with E-state index in [1.807, 2.05) is 31.2 Å². The molecule has 8 heteroatoms. The molecule has 0 spiro atoms. The van der Waals surface area contributed by atoms with Gasteiger partial charge in [-0.05, 0) is 37.5 Å². The maximum absolute atomic E-state index is 13.5. The SMILES string of the molecule is Cc1ccccc1-c1cc(NC(=O)C2(S(=O)(=O)c3ccccc3)CCOCC2)n[nH]1. The molecule has 0 aliphatic carbocycles. The monoisotopic (exact) mass is 425 g/mol. The van der Waals surface area contributed by atoms with Gasteiger partial charge in [0.2, 0.25) is 5.91 Å². The van der Waals surface area contributed by atoms with Gasteiger partial charge in [-0.25, -0.2) is 8.42 Å². The highest BCUT2D eigenvalue weighted by Gasteiger charge is 2.52. The van der Waals surface area contributed by atoms with Crippen molar-refractivity contribution >= 4 is 21.6 Å². The van der Waals surface area contributed by atoms with Gasteiger partial charge in [0.1, 0.15) is 0 Å². The molecule has 0 saturated carbocycles. The van der Waals surface area contributed by atoms with Crippen LogP contribution in [0.1, 0.15) is 18.4 Å². The quantitative estimate of drug-likeness (QED) is 0.653. The molecule has 1 saturated heterocycles. The number of hydrogen-bond acceptors (Lipinski definition) is 5. The summed E-state index contributed by atoms with van der Waals surface area (Å²) in [5, 5.41) is 9.81. The average Bonchev–Trinajstić information content (AvgIpc) is 3.23. The van der Waals surface area contributed by atoms with Crippen LogP contribution < -0.4 is 5.32 Å². The molecular formula is C22H23N3O4S. The molecule has 30 heavy (non-hydrogen) atoms. The van der Waals surface area contributed by atoms with Crippen molar-refractivity contribution in [2.24, 2.45) is 0 Å². The number of benzene rings is 2. The molecule has 0 bridgehead atoms. The largest absolute Gasteiger partial charge is 0.381 e. The maximum atomic E-state index is 13.5. The van der Waals surface area contributed by atoms with Crippen molar-refractivity contribution in [1.29, 1.82) is 0 Å². The van der Waals surface area contributed by atoms with Crippen molar-refractivity contribution in [3.63, 3.8) is 0 Å². The molecule has 0 radical (unpaired) electrons. The van der Waals surface area contributed by atoms with Crippen molar-refractivity contribution in [3.8, 4) is 11.3 Å². The number of carbonyl (C=O) groups is 1. The van der Waals surface area contributed by atoms with Gasteiger partial charge in [-0.1, -0.05) is 42.5 Å². The number of ether oxygens (including phenoxy) is 1. The summed E-state index contributed by atoms with van der Waals surface area (Å²) >= 11 is 0. The highest BCUT2D eigenvalue weighted by Crippen LogP contribution is 2.36. The van der Waals surface area contributed by atoms with E-state index in [-0.39, 0.29) is 36.8 Å². The lowest BCUT2D eigenvalue weighted by Crippen LogP contribution is -2.53. The minimum atomic E-state index is -3.93. The molecule has 2 aromatic carbocycles. The van der Waals surface area contributed by atoms with Crippen LogP contribution in [0.15, 0.2) is 65.6 Å². The Morgan fingerprint density at radius 1 is 1.07 bits per heavy atom. The van der Waals surface area contributed by atoms with E-state index >= 15 is 0 Å². The van der Waals surface area contributed by atoms with Crippen LogP contribution in [0.5, 0.6) is 0 Å². The lowest BCUT2D eigenvalue weighted by Gasteiger charge is -2.34. The number of anilines is 1. The second-order valence-corrected chi connectivity index (χ2v) is 9.62. The summed E-state index contributed by atoms with van der Waals surface area (Å²) < 4.78 is 30.7. The van der Waals surface area contributed by atoms with E-state index in [0.717, 1.165) is 16.8 Å². The van der Waals surface area contributed by atoms with E-state index < -0.39 is 20.5 Å². The van der Waals surface area contributed by atoms with Gasteiger partial charge >= 0.3 is 0 Å². The molecule has 1 fully saturated rings. The molecule has 1 aliphatic rings. The van der Waals surface area contributed by atoms with Crippen LogP contribution in [-0.4, -0.2) is 42.5 Å². The highest BCUT2D eigenvalue weighted by atomic mass is 32.2. The van der Waals surface area contributed by atoms with Gasteiger partial charge in [0, 0.05) is 24.8 Å². The Hall–Kier alpha value is -2.97. The van der Waals surface area contributed by atoms with Crippen LogP contribution in [0.4, 0.5) is 5.82 Å². The van der Waals surface area contributed by atoms with Gasteiger partial charge in [0.15, 0.2) is 20.4 Å². The molecular weight excluding hydrogens is 402 g/mol. The molecule has 3 aromatic rings. The zero-order chi connectivity index (χ0) is 21.2. The van der Waals surface area contributed by atoms with Crippen molar-refractivity contribution in [2.45, 2.75) is 29.4 Å². The molecule has 2 N–H and O–H groups in total. The second-order valence-electron chi connectivity index (χ2n) is 7.36. The number of nitrogens with one attached hydrogen (secondary N) is 2. The summed E-state index contributed by atoms with van der Waals surface area (Å²) in [6, 6.07) is 17.6. The van der Waals surface area contributed by atoms with Gasteiger partial charge in [-0.3, -0.25) is 9.89 Å². The van der Waals surface area contributed by atoms with E-state index in [1.165, 1.54) is 12.1 Å². The first-order chi connectivity index (χ1) is 14.4. The molecule has 1 aliphatic heterocycles. The molecule has 1 amide bonds. The van der Waals surface area contributed by atoms with Crippen LogP contribution >= 0.6 is 0 Å². The Bertz CT molecular complexity index is 1150. The molecule has 1 aromatic heterocycles. The summed E-state index contributed by atoms with van der Waals surface area (Å²) in [6.45, 7) is 2.39. The van der Waals surface area contributed by atoms with Crippen LogP contribution in [-0.2, 0) is 19.4 Å². The fraction of sp³-hybridized carbons (Fsp3) is 0.273. The lowest BCUT2D eigenvalue weighted by molar-refractivity contribution is -0.121. The highest BCUT2D eigenvalue weighted by molar-refractivity contribution is 7.93. The fourth-order valence-electron chi connectivity index (χ4n) is 3.77. The second kappa shape index (κ2) is 8.04. The van der Waals surface area contributed by atoms with E-state index in [0.29, 0.717) is 0 Å². The molecule has 7 nitrogen and oxygen atoms in total. The van der Waals surface area contributed by atoms with Crippen LogP contribution in [0, 0.1) is 6.92 Å². The Labute approximate surface area is 175 Å². The molecule has 156 valence electrons. The molecule has 4 rings (SSSR count). The van der Waals surface area contributed by atoms with E-state index in [4.69, 9.17) is 4.74 Å². The van der Waals surface area contributed by atoms with Gasteiger partial charge in [-0.2, -0.15) is 5.10 Å². The third-order valence-corrected chi connectivity index (χ3v) is 8.05. The number of rotatable bonds is 5. The number of hydrogen-bond donors (Lipinski definition) is 2. The number of aryl methyl sites for hydroxylation is 1. The standard InChI is InChI=1S/C22H23N3O4S/c1-16-7-5-6-10-18(16)19-15-20(25-24-19)23-21(26)22(11-13-29-14-12-22)30(27,28)17-8-3-2-4-9-17/h2-10,15H,11-14H2,1H3,(H2,23,24,25,26). The van der Waals surface area contributed by atoms with Crippen molar-refractivity contribution in [2.75, 3.05) is 18.5 Å².